The van der Waals surface area contributed by atoms with Crippen molar-refractivity contribution in [2.45, 2.75) is 78.3 Å². The second-order valence-electron chi connectivity index (χ2n) is 7.06. The third-order valence-electron chi connectivity index (χ3n) is 4.70. The van der Waals surface area contributed by atoms with Gasteiger partial charge >= 0.3 is 0 Å². The lowest BCUT2D eigenvalue weighted by atomic mass is 10.1. The standard InChI is InChI=1S/C22H34N2/c1-21-11-17-23(18-12-21)15-9-7-5-3-4-6-8-10-16-24-19-13-22(2)14-20-24/h11-14,17-20H,3-10,15-16H2,1-2H3/q+2. The molecule has 0 saturated heterocycles. The van der Waals surface area contributed by atoms with Gasteiger partial charge in [-0.15, -0.1) is 0 Å². The fraction of sp³-hybridized carbons (Fsp3) is 0.545. The van der Waals surface area contributed by atoms with Crippen molar-refractivity contribution in [3.63, 3.8) is 0 Å². The van der Waals surface area contributed by atoms with Crippen LogP contribution in [0.15, 0.2) is 49.1 Å². The Bertz CT molecular complexity index is 504. The van der Waals surface area contributed by atoms with Gasteiger partial charge in [-0.1, -0.05) is 25.7 Å². The quantitative estimate of drug-likeness (QED) is 0.418. The van der Waals surface area contributed by atoms with Gasteiger partial charge in [-0.3, -0.25) is 0 Å². The first-order valence-electron chi connectivity index (χ1n) is 9.65. The van der Waals surface area contributed by atoms with Crippen LogP contribution in [0.4, 0.5) is 0 Å². The Kier molecular flexibility index (Phi) is 8.51. The van der Waals surface area contributed by atoms with Crippen LogP contribution in [0.2, 0.25) is 0 Å². The van der Waals surface area contributed by atoms with Crippen LogP contribution in [-0.4, -0.2) is 0 Å². The zero-order valence-electron chi connectivity index (χ0n) is 15.6. The highest BCUT2D eigenvalue weighted by atomic mass is 14.9. The molecule has 2 aromatic heterocycles. The van der Waals surface area contributed by atoms with Crippen LogP contribution >= 0.6 is 0 Å². The van der Waals surface area contributed by atoms with Crippen LogP contribution in [0.5, 0.6) is 0 Å². The van der Waals surface area contributed by atoms with Gasteiger partial charge in [-0.2, -0.15) is 0 Å². The lowest BCUT2D eigenvalue weighted by Crippen LogP contribution is -2.32. The number of hydrogen-bond donors (Lipinski definition) is 0. The molecule has 0 amide bonds. The van der Waals surface area contributed by atoms with Crippen molar-refractivity contribution in [1.29, 1.82) is 0 Å². The minimum absolute atomic E-state index is 1.16. The van der Waals surface area contributed by atoms with Crippen molar-refractivity contribution in [2.24, 2.45) is 0 Å². The summed E-state index contributed by atoms with van der Waals surface area (Å²) in [5, 5.41) is 0. The first kappa shape index (κ1) is 18.6. The average molecular weight is 327 g/mol. The van der Waals surface area contributed by atoms with Crippen LogP contribution in [0, 0.1) is 13.8 Å². The van der Waals surface area contributed by atoms with Crippen molar-refractivity contribution in [1.82, 2.24) is 0 Å². The highest BCUT2D eigenvalue weighted by Crippen LogP contribution is 2.08. The predicted molar refractivity (Wildman–Crippen MR) is 99.7 cm³/mol. The maximum absolute atomic E-state index is 2.30. The summed E-state index contributed by atoms with van der Waals surface area (Å²) >= 11 is 0. The van der Waals surface area contributed by atoms with E-state index in [4.69, 9.17) is 0 Å². The van der Waals surface area contributed by atoms with Gasteiger partial charge in [0.05, 0.1) is 0 Å². The van der Waals surface area contributed by atoms with Gasteiger partial charge in [-0.05, 0) is 37.8 Å². The van der Waals surface area contributed by atoms with E-state index in [-0.39, 0.29) is 0 Å². The maximum Gasteiger partial charge on any atom is 0.169 e. The third kappa shape index (κ3) is 7.72. The Labute approximate surface area is 148 Å². The summed E-state index contributed by atoms with van der Waals surface area (Å²) in [4.78, 5) is 0. The molecule has 0 saturated carbocycles. The molecule has 2 heteroatoms. The Morgan fingerprint density at radius 1 is 0.500 bits per heavy atom. The lowest BCUT2D eigenvalue weighted by Gasteiger charge is -2.01. The molecule has 2 aromatic rings. The van der Waals surface area contributed by atoms with E-state index in [2.05, 4.69) is 72.0 Å². The molecule has 2 nitrogen and oxygen atoms in total. The van der Waals surface area contributed by atoms with Crippen molar-refractivity contribution >= 4 is 0 Å². The summed E-state index contributed by atoms with van der Waals surface area (Å²) in [6.45, 7) is 6.61. The number of aryl methyl sites for hydroxylation is 4. The molecule has 2 heterocycles. The summed E-state index contributed by atoms with van der Waals surface area (Å²) in [6.07, 6.45) is 19.7. The number of nitrogens with zero attached hydrogens (tertiary/aromatic N) is 2. The first-order valence-corrected chi connectivity index (χ1v) is 9.65. The van der Waals surface area contributed by atoms with Crippen LogP contribution in [-0.2, 0) is 13.1 Å². The Morgan fingerprint density at radius 3 is 1.12 bits per heavy atom. The van der Waals surface area contributed by atoms with Crippen molar-refractivity contribution in [3.8, 4) is 0 Å². The maximum atomic E-state index is 2.30. The smallest absolute Gasteiger partial charge is 0.169 e. The normalized spacial score (nSPS) is 10.9. The van der Waals surface area contributed by atoms with Gasteiger partial charge in [0.1, 0.15) is 13.1 Å². The van der Waals surface area contributed by atoms with Crippen LogP contribution in [0.25, 0.3) is 0 Å². The van der Waals surface area contributed by atoms with Gasteiger partial charge in [0.25, 0.3) is 0 Å². The van der Waals surface area contributed by atoms with Gasteiger partial charge in [-0.25, -0.2) is 9.13 Å². The Morgan fingerprint density at radius 2 is 0.792 bits per heavy atom. The van der Waals surface area contributed by atoms with Gasteiger partial charge < -0.3 is 0 Å². The van der Waals surface area contributed by atoms with Gasteiger partial charge in [0, 0.05) is 37.1 Å². The van der Waals surface area contributed by atoms with Crippen LogP contribution in [0.1, 0.15) is 62.5 Å². The van der Waals surface area contributed by atoms with E-state index in [1.165, 1.54) is 62.5 Å². The number of aromatic nitrogens is 2. The fourth-order valence-corrected chi connectivity index (χ4v) is 3.01. The molecule has 0 aliphatic heterocycles. The topological polar surface area (TPSA) is 7.76 Å². The SMILES string of the molecule is Cc1cc[n+](CCCCCCCCCC[n+]2ccc(C)cc2)cc1. The molecule has 0 spiro atoms. The fourth-order valence-electron chi connectivity index (χ4n) is 3.01. The molecule has 24 heavy (non-hydrogen) atoms. The largest absolute Gasteiger partial charge is 0.205 e. The van der Waals surface area contributed by atoms with Crippen LogP contribution in [0.3, 0.4) is 0 Å². The number of pyridine rings is 2. The van der Waals surface area contributed by atoms with Gasteiger partial charge in [0.2, 0.25) is 0 Å². The van der Waals surface area contributed by atoms with E-state index in [0.717, 1.165) is 13.1 Å². The summed E-state index contributed by atoms with van der Waals surface area (Å²) in [5.74, 6) is 0. The summed E-state index contributed by atoms with van der Waals surface area (Å²) < 4.78 is 4.60. The highest BCUT2D eigenvalue weighted by molar-refractivity contribution is 5.03. The Balaban J connectivity index is 1.40. The molecule has 0 radical (unpaired) electrons. The van der Waals surface area contributed by atoms with E-state index >= 15 is 0 Å². The summed E-state index contributed by atoms with van der Waals surface area (Å²) in [7, 11) is 0. The zero-order chi connectivity index (χ0) is 17.0. The molecular formula is C22H34N2+2. The second-order valence-corrected chi connectivity index (χ2v) is 7.06. The minimum atomic E-state index is 1.16. The molecule has 0 unspecified atom stereocenters. The first-order chi connectivity index (χ1) is 11.7. The lowest BCUT2D eigenvalue weighted by molar-refractivity contribution is -0.697. The van der Waals surface area contributed by atoms with Crippen molar-refractivity contribution in [2.75, 3.05) is 0 Å². The highest BCUT2D eigenvalue weighted by Gasteiger charge is 2.01. The van der Waals surface area contributed by atoms with Crippen LogP contribution < -0.4 is 9.13 Å². The van der Waals surface area contributed by atoms with Gasteiger partial charge in [0.15, 0.2) is 24.8 Å². The monoisotopic (exact) mass is 326 g/mol. The summed E-state index contributed by atoms with van der Waals surface area (Å²) in [6, 6.07) is 8.76. The van der Waals surface area contributed by atoms with E-state index < -0.39 is 0 Å². The van der Waals surface area contributed by atoms with E-state index in [1.807, 2.05) is 0 Å². The molecule has 2 rings (SSSR count). The Hall–Kier alpha value is -1.70. The molecule has 0 N–H and O–H groups in total. The molecule has 0 aliphatic rings. The van der Waals surface area contributed by atoms with Crippen molar-refractivity contribution in [3.05, 3.63) is 60.2 Å². The van der Waals surface area contributed by atoms with E-state index in [9.17, 15) is 0 Å². The number of rotatable bonds is 11. The second kappa shape index (κ2) is 11.0. The molecule has 0 atom stereocenters. The third-order valence-corrected chi connectivity index (χ3v) is 4.70. The molecule has 130 valence electrons. The minimum Gasteiger partial charge on any atom is -0.205 e. The zero-order valence-corrected chi connectivity index (χ0v) is 15.6. The predicted octanol–water partition coefficient (Wildman–Crippen LogP) is 4.70. The number of unbranched alkanes of at least 4 members (excludes halogenated alkanes) is 7. The van der Waals surface area contributed by atoms with E-state index in [0.29, 0.717) is 0 Å². The molecule has 0 fully saturated rings. The molecule has 0 aliphatic carbocycles. The van der Waals surface area contributed by atoms with Crippen molar-refractivity contribution < 1.29 is 9.13 Å². The molecule has 0 aromatic carbocycles. The van der Waals surface area contributed by atoms with E-state index in [1.54, 1.807) is 0 Å². The molecule has 0 bridgehead atoms. The average Bonchev–Trinajstić information content (AvgIpc) is 2.60. The molecular weight excluding hydrogens is 292 g/mol. The number of hydrogen-bond acceptors (Lipinski definition) is 0. The summed E-state index contributed by atoms with van der Waals surface area (Å²) in [5.41, 5.74) is 2.68.